The molecule has 0 aromatic heterocycles. The maximum atomic E-state index is 12.0. The lowest BCUT2D eigenvalue weighted by atomic mass is 9.94. The number of rotatable bonds is 6. The summed E-state index contributed by atoms with van der Waals surface area (Å²) < 4.78 is 5.40. The fourth-order valence-electron chi connectivity index (χ4n) is 3.51. The van der Waals surface area contributed by atoms with Gasteiger partial charge in [0.1, 0.15) is 5.60 Å². The monoisotopic (exact) mass is 381 g/mol. The Bertz CT molecular complexity index is 489. The van der Waals surface area contributed by atoms with Gasteiger partial charge in [0.15, 0.2) is 5.96 Å². The molecule has 0 aromatic rings. The van der Waals surface area contributed by atoms with Crippen molar-refractivity contribution in [3.63, 3.8) is 0 Å². The van der Waals surface area contributed by atoms with E-state index < -0.39 is 5.60 Å². The quantitative estimate of drug-likeness (QED) is 0.546. The molecule has 0 bridgehead atoms. The third kappa shape index (κ3) is 7.56. The van der Waals surface area contributed by atoms with Gasteiger partial charge in [-0.3, -0.25) is 4.99 Å². The Morgan fingerprint density at radius 2 is 1.85 bits per heavy atom. The van der Waals surface area contributed by atoms with Crippen LogP contribution in [0, 0.1) is 5.92 Å². The first-order valence-electron chi connectivity index (χ1n) is 10.6. The van der Waals surface area contributed by atoms with Gasteiger partial charge in [-0.1, -0.05) is 6.92 Å². The molecule has 0 saturated carbocycles. The van der Waals surface area contributed by atoms with Crippen LogP contribution in [-0.2, 0) is 4.74 Å². The number of carbonyl (C=O) groups excluding carboxylic acids is 1. The van der Waals surface area contributed by atoms with Gasteiger partial charge in [0.05, 0.1) is 6.04 Å². The van der Waals surface area contributed by atoms with Gasteiger partial charge in [-0.2, -0.15) is 0 Å². The summed E-state index contributed by atoms with van der Waals surface area (Å²) in [7, 11) is 0. The fourth-order valence-corrected chi connectivity index (χ4v) is 3.51. The number of amides is 1. The van der Waals surface area contributed by atoms with Crippen LogP contribution < -0.4 is 10.6 Å². The van der Waals surface area contributed by atoms with Crippen LogP contribution >= 0.6 is 0 Å². The summed E-state index contributed by atoms with van der Waals surface area (Å²) in [6.07, 6.45) is 3.51. The van der Waals surface area contributed by atoms with Gasteiger partial charge in [0, 0.05) is 26.2 Å². The minimum absolute atomic E-state index is 0.235. The molecule has 0 radical (unpaired) electrons. The number of nitrogens with one attached hydrogen (secondary N) is 2. The Kier molecular flexibility index (Phi) is 8.20. The molecule has 2 aliphatic rings. The third-order valence-corrected chi connectivity index (χ3v) is 5.18. The van der Waals surface area contributed by atoms with Crippen LogP contribution in [0.4, 0.5) is 4.79 Å². The van der Waals surface area contributed by atoms with Crippen molar-refractivity contribution in [2.45, 2.75) is 65.5 Å². The van der Waals surface area contributed by atoms with Gasteiger partial charge in [0.2, 0.25) is 0 Å². The Hall–Kier alpha value is -1.50. The largest absolute Gasteiger partial charge is 0.444 e. The predicted molar refractivity (Wildman–Crippen MR) is 110 cm³/mol. The van der Waals surface area contributed by atoms with Crippen molar-refractivity contribution in [3.05, 3.63) is 0 Å². The van der Waals surface area contributed by atoms with Crippen molar-refractivity contribution < 1.29 is 9.53 Å². The summed E-state index contributed by atoms with van der Waals surface area (Å²) in [6, 6.07) is 0.239. The van der Waals surface area contributed by atoms with E-state index in [-0.39, 0.29) is 12.1 Å². The van der Waals surface area contributed by atoms with E-state index >= 15 is 0 Å². The maximum Gasteiger partial charge on any atom is 0.410 e. The van der Waals surface area contributed by atoms with Gasteiger partial charge in [-0.05, 0) is 72.5 Å². The lowest BCUT2D eigenvalue weighted by Crippen LogP contribution is -2.63. The molecule has 0 spiro atoms. The van der Waals surface area contributed by atoms with E-state index in [1.165, 1.54) is 32.5 Å². The molecule has 0 unspecified atom stereocenters. The number of piperidine rings is 1. The lowest BCUT2D eigenvalue weighted by Gasteiger charge is -2.40. The SMILES string of the molecule is CCNC(=NCCC1CCN(CC)CC1)NC1CN(C(=O)OC(C)(C)C)C1. The van der Waals surface area contributed by atoms with Crippen LogP contribution in [0.1, 0.15) is 53.9 Å². The summed E-state index contributed by atoms with van der Waals surface area (Å²) in [5.41, 5.74) is -0.445. The zero-order valence-corrected chi connectivity index (χ0v) is 17.9. The summed E-state index contributed by atoms with van der Waals surface area (Å²) in [6.45, 7) is 16.6. The molecule has 2 heterocycles. The first-order valence-corrected chi connectivity index (χ1v) is 10.6. The molecule has 0 aliphatic carbocycles. The molecule has 2 N–H and O–H groups in total. The summed E-state index contributed by atoms with van der Waals surface area (Å²) in [5, 5.41) is 6.75. The highest BCUT2D eigenvalue weighted by Gasteiger charge is 2.34. The minimum atomic E-state index is -0.445. The van der Waals surface area contributed by atoms with Gasteiger partial charge in [-0.25, -0.2) is 4.79 Å². The third-order valence-electron chi connectivity index (χ3n) is 5.18. The average molecular weight is 382 g/mol. The highest BCUT2D eigenvalue weighted by molar-refractivity contribution is 5.80. The molecule has 0 aromatic carbocycles. The number of hydrogen-bond donors (Lipinski definition) is 2. The van der Waals surface area contributed by atoms with Crippen molar-refractivity contribution >= 4 is 12.1 Å². The smallest absolute Gasteiger partial charge is 0.410 e. The van der Waals surface area contributed by atoms with Gasteiger partial charge in [-0.15, -0.1) is 0 Å². The second-order valence-corrected chi connectivity index (χ2v) is 8.65. The fraction of sp³-hybridized carbons (Fsp3) is 0.900. The highest BCUT2D eigenvalue weighted by atomic mass is 16.6. The van der Waals surface area contributed by atoms with Crippen LogP contribution in [0.2, 0.25) is 0 Å². The van der Waals surface area contributed by atoms with Gasteiger partial charge >= 0.3 is 6.09 Å². The van der Waals surface area contributed by atoms with E-state index in [0.29, 0.717) is 13.1 Å². The number of ether oxygens (including phenoxy) is 1. The van der Waals surface area contributed by atoms with E-state index in [2.05, 4.69) is 29.4 Å². The lowest BCUT2D eigenvalue weighted by molar-refractivity contribution is 0.00700. The molecule has 2 saturated heterocycles. The standard InChI is InChI=1S/C20H39N5O2/c1-6-21-18(22-11-8-16-9-12-24(7-2)13-10-16)23-17-14-25(15-17)19(26)27-20(3,4)5/h16-17H,6-15H2,1-5H3,(H2,21,22,23). The zero-order valence-electron chi connectivity index (χ0n) is 17.9. The van der Waals surface area contributed by atoms with Crippen molar-refractivity contribution in [2.75, 3.05) is 45.8 Å². The molecule has 7 nitrogen and oxygen atoms in total. The topological polar surface area (TPSA) is 69.2 Å². The number of nitrogens with zero attached hydrogens (tertiary/aromatic N) is 3. The normalized spacial score (nSPS) is 20.3. The first-order chi connectivity index (χ1) is 12.8. The van der Waals surface area contributed by atoms with Crippen LogP contribution in [0.15, 0.2) is 4.99 Å². The molecule has 2 fully saturated rings. The van der Waals surface area contributed by atoms with Crippen molar-refractivity contribution in [1.29, 1.82) is 0 Å². The number of hydrogen-bond acceptors (Lipinski definition) is 4. The summed E-state index contributed by atoms with van der Waals surface area (Å²) >= 11 is 0. The van der Waals surface area contributed by atoms with E-state index in [4.69, 9.17) is 9.73 Å². The molecule has 27 heavy (non-hydrogen) atoms. The zero-order chi connectivity index (χ0) is 19.9. The highest BCUT2D eigenvalue weighted by Crippen LogP contribution is 2.20. The van der Waals surface area contributed by atoms with Crippen molar-refractivity contribution in [1.82, 2.24) is 20.4 Å². The average Bonchev–Trinajstić information content (AvgIpc) is 2.56. The van der Waals surface area contributed by atoms with Crippen molar-refractivity contribution in [3.8, 4) is 0 Å². The maximum absolute atomic E-state index is 12.0. The molecular weight excluding hydrogens is 342 g/mol. The molecule has 0 atom stereocenters. The summed E-state index contributed by atoms with van der Waals surface area (Å²) in [5.74, 6) is 1.66. The van der Waals surface area contributed by atoms with E-state index in [9.17, 15) is 4.79 Å². The second kappa shape index (κ2) is 10.2. The van der Waals surface area contributed by atoms with Crippen LogP contribution in [0.25, 0.3) is 0 Å². The molecule has 156 valence electrons. The van der Waals surface area contributed by atoms with E-state index in [1.807, 2.05) is 20.8 Å². The number of aliphatic imine (C=N–C) groups is 1. The Morgan fingerprint density at radius 3 is 2.41 bits per heavy atom. The number of carbonyl (C=O) groups is 1. The minimum Gasteiger partial charge on any atom is -0.444 e. The first kappa shape index (κ1) is 21.8. The molecular formula is C20H39N5O2. The molecule has 1 amide bonds. The van der Waals surface area contributed by atoms with Crippen LogP contribution in [-0.4, -0.2) is 79.3 Å². The van der Waals surface area contributed by atoms with Gasteiger partial charge in [0.25, 0.3) is 0 Å². The summed E-state index contributed by atoms with van der Waals surface area (Å²) in [4.78, 5) is 21.0. The van der Waals surface area contributed by atoms with E-state index in [1.54, 1.807) is 4.90 Å². The predicted octanol–water partition coefficient (Wildman–Crippen LogP) is 2.28. The number of guanidine groups is 1. The van der Waals surface area contributed by atoms with Gasteiger partial charge < -0.3 is 25.2 Å². The Balaban J connectivity index is 1.69. The van der Waals surface area contributed by atoms with Crippen LogP contribution in [0.5, 0.6) is 0 Å². The van der Waals surface area contributed by atoms with E-state index in [0.717, 1.165) is 31.4 Å². The Morgan fingerprint density at radius 1 is 1.19 bits per heavy atom. The Labute approximate surface area is 164 Å². The van der Waals surface area contributed by atoms with Crippen molar-refractivity contribution in [2.24, 2.45) is 10.9 Å². The second-order valence-electron chi connectivity index (χ2n) is 8.65. The molecule has 2 rings (SSSR count). The molecule has 7 heteroatoms. The molecule has 2 aliphatic heterocycles. The van der Waals surface area contributed by atoms with Crippen LogP contribution in [0.3, 0.4) is 0 Å². The number of likely N-dealkylation sites (tertiary alicyclic amines) is 2.